The number of rotatable bonds is 8. The number of aromatic amines is 1. The number of hydrogen-bond donors (Lipinski definition) is 1. The highest BCUT2D eigenvalue weighted by Crippen LogP contribution is 2.24. The lowest BCUT2D eigenvalue weighted by Gasteiger charge is -2.12. The van der Waals surface area contributed by atoms with Crippen molar-refractivity contribution in [3.8, 4) is 5.75 Å². The van der Waals surface area contributed by atoms with Gasteiger partial charge in [0.25, 0.3) is 0 Å². The molecule has 2 heterocycles. The Bertz CT molecular complexity index is 879. The van der Waals surface area contributed by atoms with E-state index in [0.29, 0.717) is 23.9 Å². The second-order valence-electron chi connectivity index (χ2n) is 5.62. The second kappa shape index (κ2) is 8.22. The normalized spacial score (nSPS) is 12.4. The number of ether oxygens (including phenoxy) is 2. The Hall–Kier alpha value is -2.25. The van der Waals surface area contributed by atoms with Crippen molar-refractivity contribution in [1.82, 2.24) is 15.0 Å². The van der Waals surface area contributed by atoms with Gasteiger partial charge in [0.15, 0.2) is 0 Å². The van der Waals surface area contributed by atoms with E-state index in [4.69, 9.17) is 9.47 Å². The number of hydrogen-bond acceptors (Lipinski definition) is 5. The number of nitrogens with one attached hydrogen (secondary N) is 1. The third-order valence-electron chi connectivity index (χ3n) is 3.93. The molecule has 7 heteroatoms. The van der Waals surface area contributed by atoms with Gasteiger partial charge in [0.1, 0.15) is 11.3 Å². The van der Waals surface area contributed by atoms with Gasteiger partial charge in [0, 0.05) is 31.9 Å². The molecule has 132 valence electrons. The fourth-order valence-corrected chi connectivity index (χ4v) is 3.87. The van der Waals surface area contributed by atoms with Crippen LogP contribution in [0.5, 0.6) is 5.75 Å². The van der Waals surface area contributed by atoms with Gasteiger partial charge in [0.2, 0.25) is 0 Å². The molecule has 1 N–H and O–H groups in total. The number of fused-ring (bicyclic) bond motifs is 1. The van der Waals surface area contributed by atoms with E-state index in [-0.39, 0.29) is 0 Å². The number of imidazole rings is 1. The number of para-hydroxylation sites is 1. The second-order valence-corrected chi connectivity index (χ2v) is 7.04. The van der Waals surface area contributed by atoms with Gasteiger partial charge in [0.05, 0.1) is 45.6 Å². The maximum Gasteiger partial charge on any atom is 0.125 e. The summed E-state index contributed by atoms with van der Waals surface area (Å²) in [6.07, 6.45) is 4.13. The molecule has 0 bridgehead atoms. The maximum absolute atomic E-state index is 12.8. The van der Waals surface area contributed by atoms with E-state index in [0.717, 1.165) is 34.5 Å². The fourth-order valence-electron chi connectivity index (χ4n) is 2.57. The molecule has 6 nitrogen and oxygen atoms in total. The molecule has 25 heavy (non-hydrogen) atoms. The number of methoxy groups -OCH3 is 1. The predicted molar refractivity (Wildman–Crippen MR) is 97.2 cm³/mol. The Morgan fingerprint density at radius 2 is 2.08 bits per heavy atom. The first-order valence-corrected chi connectivity index (χ1v) is 9.39. The van der Waals surface area contributed by atoms with Crippen molar-refractivity contribution in [3.63, 3.8) is 0 Å². The molecule has 0 aliphatic carbocycles. The van der Waals surface area contributed by atoms with E-state index >= 15 is 0 Å². The molecule has 0 radical (unpaired) electrons. The van der Waals surface area contributed by atoms with Gasteiger partial charge in [-0.2, -0.15) is 0 Å². The van der Waals surface area contributed by atoms with E-state index in [1.807, 2.05) is 31.2 Å². The number of nitrogens with zero attached hydrogens (tertiary/aromatic N) is 2. The first-order valence-electron chi connectivity index (χ1n) is 8.07. The molecule has 3 rings (SSSR count). The lowest BCUT2D eigenvalue weighted by molar-refractivity contribution is 0.172. The molecule has 0 aliphatic heterocycles. The fraction of sp³-hybridized carbons (Fsp3) is 0.333. The molecule has 0 spiro atoms. The van der Waals surface area contributed by atoms with Crippen LogP contribution in [-0.2, 0) is 21.3 Å². The Balaban J connectivity index is 1.76. The summed E-state index contributed by atoms with van der Waals surface area (Å²) in [5, 5.41) is 0. The highest BCUT2D eigenvalue weighted by Gasteiger charge is 2.15. The molecule has 1 unspecified atom stereocenters. The van der Waals surface area contributed by atoms with Crippen molar-refractivity contribution >= 4 is 21.8 Å². The minimum atomic E-state index is -1.24. The van der Waals surface area contributed by atoms with Crippen LogP contribution >= 0.6 is 0 Å². The predicted octanol–water partition coefficient (Wildman–Crippen LogP) is 2.99. The molecule has 0 saturated heterocycles. The zero-order valence-electron chi connectivity index (χ0n) is 14.3. The average molecular weight is 359 g/mol. The summed E-state index contributed by atoms with van der Waals surface area (Å²) in [6.45, 7) is 3.18. The highest BCUT2D eigenvalue weighted by atomic mass is 32.2. The van der Waals surface area contributed by atoms with Crippen LogP contribution in [-0.4, -0.2) is 39.5 Å². The highest BCUT2D eigenvalue weighted by molar-refractivity contribution is 7.84. The smallest absolute Gasteiger partial charge is 0.125 e. The molecule has 3 aromatic rings. The lowest BCUT2D eigenvalue weighted by Crippen LogP contribution is -2.06. The van der Waals surface area contributed by atoms with Crippen LogP contribution in [0.15, 0.2) is 41.7 Å². The van der Waals surface area contributed by atoms with Crippen molar-refractivity contribution < 1.29 is 13.7 Å². The van der Waals surface area contributed by atoms with Gasteiger partial charge in [-0.15, -0.1) is 0 Å². The third kappa shape index (κ3) is 4.05. The summed E-state index contributed by atoms with van der Waals surface area (Å²) >= 11 is 0. The first kappa shape index (κ1) is 17.6. The van der Waals surface area contributed by atoms with Gasteiger partial charge >= 0.3 is 0 Å². The zero-order valence-corrected chi connectivity index (χ0v) is 15.1. The minimum absolute atomic E-state index is 0.326. The quantitative estimate of drug-likeness (QED) is 0.626. The van der Waals surface area contributed by atoms with Crippen molar-refractivity contribution in [1.29, 1.82) is 0 Å². The molecule has 0 aliphatic rings. The summed E-state index contributed by atoms with van der Waals surface area (Å²) in [5.41, 5.74) is 3.31. The SMILES string of the molecule is COCCCOc1ccnc(CS(=O)c2cccc3[nH]cnc23)c1C. The molecule has 0 amide bonds. The van der Waals surface area contributed by atoms with Crippen LogP contribution in [0.2, 0.25) is 0 Å². The van der Waals surface area contributed by atoms with Gasteiger partial charge < -0.3 is 14.5 Å². The van der Waals surface area contributed by atoms with E-state index < -0.39 is 10.8 Å². The average Bonchev–Trinajstić information content (AvgIpc) is 3.10. The van der Waals surface area contributed by atoms with Crippen LogP contribution in [0.4, 0.5) is 0 Å². The lowest BCUT2D eigenvalue weighted by atomic mass is 10.2. The monoisotopic (exact) mass is 359 g/mol. The molecule has 2 aromatic heterocycles. The van der Waals surface area contributed by atoms with E-state index in [9.17, 15) is 4.21 Å². The van der Waals surface area contributed by atoms with Crippen molar-refractivity contribution in [2.24, 2.45) is 0 Å². The Morgan fingerprint density at radius 3 is 2.92 bits per heavy atom. The minimum Gasteiger partial charge on any atom is -0.493 e. The standard InChI is InChI=1S/C18H21N3O3S/c1-13-15(19-8-7-16(13)24-10-4-9-23-2)11-25(22)17-6-3-5-14-18(17)21-12-20-14/h3,5-8,12H,4,9-11H2,1-2H3,(H,20,21). The molecule has 1 atom stereocenters. The maximum atomic E-state index is 12.8. The molecule has 0 fully saturated rings. The van der Waals surface area contributed by atoms with Crippen LogP contribution in [0.1, 0.15) is 17.7 Å². The van der Waals surface area contributed by atoms with Crippen molar-refractivity contribution in [2.45, 2.75) is 24.0 Å². The van der Waals surface area contributed by atoms with E-state index in [1.165, 1.54) is 0 Å². The first-order chi connectivity index (χ1) is 12.2. The summed E-state index contributed by atoms with van der Waals surface area (Å²) in [6, 6.07) is 7.48. The Labute approximate surface area is 149 Å². The number of pyridine rings is 1. The van der Waals surface area contributed by atoms with Gasteiger partial charge in [-0.25, -0.2) is 4.98 Å². The summed E-state index contributed by atoms with van der Waals surface area (Å²) < 4.78 is 23.7. The summed E-state index contributed by atoms with van der Waals surface area (Å²) in [4.78, 5) is 12.4. The van der Waals surface area contributed by atoms with Crippen LogP contribution < -0.4 is 4.74 Å². The molecule has 1 aromatic carbocycles. The van der Waals surface area contributed by atoms with Gasteiger partial charge in [-0.1, -0.05) is 6.07 Å². The Kier molecular flexibility index (Phi) is 5.78. The van der Waals surface area contributed by atoms with Crippen molar-refractivity contribution in [2.75, 3.05) is 20.3 Å². The number of aromatic nitrogens is 3. The summed E-state index contributed by atoms with van der Waals surface area (Å²) in [5.74, 6) is 1.10. The van der Waals surface area contributed by atoms with Crippen LogP contribution in [0.3, 0.4) is 0 Å². The van der Waals surface area contributed by atoms with Crippen LogP contribution in [0.25, 0.3) is 11.0 Å². The van der Waals surface area contributed by atoms with Gasteiger partial charge in [-0.3, -0.25) is 9.19 Å². The summed E-state index contributed by atoms with van der Waals surface area (Å²) in [7, 11) is 0.436. The number of benzene rings is 1. The van der Waals surface area contributed by atoms with Crippen LogP contribution in [0, 0.1) is 6.92 Å². The van der Waals surface area contributed by atoms with Crippen molar-refractivity contribution in [3.05, 3.63) is 48.0 Å². The molecule has 0 saturated carbocycles. The largest absolute Gasteiger partial charge is 0.493 e. The van der Waals surface area contributed by atoms with E-state index in [1.54, 1.807) is 19.6 Å². The topological polar surface area (TPSA) is 77.1 Å². The van der Waals surface area contributed by atoms with Gasteiger partial charge in [-0.05, 0) is 25.1 Å². The van der Waals surface area contributed by atoms with E-state index in [2.05, 4.69) is 15.0 Å². The Morgan fingerprint density at radius 1 is 1.20 bits per heavy atom. The zero-order chi connectivity index (χ0) is 17.6. The third-order valence-corrected chi connectivity index (χ3v) is 5.29. The molecular weight excluding hydrogens is 338 g/mol. The molecular formula is C18H21N3O3S. The number of H-pyrrole nitrogens is 1.